The lowest BCUT2D eigenvalue weighted by Gasteiger charge is -2.21. The van der Waals surface area contributed by atoms with Gasteiger partial charge < -0.3 is 20.7 Å². The lowest BCUT2D eigenvalue weighted by atomic mass is 10.2. The third-order valence-electron chi connectivity index (χ3n) is 2.37. The molecular weight excluding hydrogens is 258 g/mol. The molecule has 1 unspecified atom stereocenters. The van der Waals surface area contributed by atoms with Gasteiger partial charge in [-0.3, -0.25) is 4.79 Å². The van der Waals surface area contributed by atoms with Crippen LogP contribution in [0, 0.1) is 0 Å². The molecule has 6 nitrogen and oxygen atoms in total. The summed E-state index contributed by atoms with van der Waals surface area (Å²) in [5.74, 6) is 0.0478. The third-order valence-corrected chi connectivity index (χ3v) is 2.37. The summed E-state index contributed by atoms with van der Waals surface area (Å²) in [5.41, 5.74) is -0.488. The Morgan fingerprint density at radius 2 is 1.80 bits per heavy atom. The molecule has 118 valence electrons. The Hall–Kier alpha value is -1.30. The van der Waals surface area contributed by atoms with Crippen molar-refractivity contribution in [2.45, 2.75) is 59.1 Å². The first kappa shape index (κ1) is 18.7. The minimum Gasteiger partial charge on any atom is -0.444 e. The minimum atomic E-state index is -0.488. The molecule has 0 radical (unpaired) electrons. The van der Waals surface area contributed by atoms with Crippen LogP contribution in [0.5, 0.6) is 0 Å². The van der Waals surface area contributed by atoms with Crippen molar-refractivity contribution in [3.05, 3.63) is 0 Å². The van der Waals surface area contributed by atoms with Gasteiger partial charge in [0, 0.05) is 32.1 Å². The van der Waals surface area contributed by atoms with Gasteiger partial charge in [-0.05, 0) is 34.1 Å². The summed E-state index contributed by atoms with van der Waals surface area (Å²) in [7, 11) is 0. The van der Waals surface area contributed by atoms with Crippen molar-refractivity contribution in [3.8, 4) is 0 Å². The van der Waals surface area contributed by atoms with Crippen LogP contribution in [0.4, 0.5) is 4.79 Å². The molecule has 0 aromatic heterocycles. The van der Waals surface area contributed by atoms with Crippen molar-refractivity contribution in [1.29, 1.82) is 0 Å². The van der Waals surface area contributed by atoms with Gasteiger partial charge >= 0.3 is 6.09 Å². The van der Waals surface area contributed by atoms with E-state index >= 15 is 0 Å². The normalized spacial score (nSPS) is 12.7. The summed E-state index contributed by atoms with van der Waals surface area (Å²) in [4.78, 5) is 22.8. The zero-order valence-corrected chi connectivity index (χ0v) is 13.3. The van der Waals surface area contributed by atoms with E-state index in [0.717, 1.165) is 6.42 Å². The summed E-state index contributed by atoms with van der Waals surface area (Å²) in [5, 5.41) is 8.68. The van der Waals surface area contributed by atoms with Crippen LogP contribution in [0.25, 0.3) is 0 Å². The Morgan fingerprint density at radius 1 is 1.15 bits per heavy atom. The predicted octanol–water partition coefficient (Wildman–Crippen LogP) is 1.41. The maximum Gasteiger partial charge on any atom is 0.407 e. The predicted molar refractivity (Wildman–Crippen MR) is 79.6 cm³/mol. The molecule has 0 bridgehead atoms. The molecule has 0 aliphatic heterocycles. The van der Waals surface area contributed by atoms with E-state index in [9.17, 15) is 9.59 Å². The van der Waals surface area contributed by atoms with Gasteiger partial charge in [0.15, 0.2) is 0 Å². The molecule has 1 atom stereocenters. The average molecular weight is 287 g/mol. The van der Waals surface area contributed by atoms with Crippen LogP contribution in [-0.2, 0) is 9.53 Å². The van der Waals surface area contributed by atoms with Crippen molar-refractivity contribution < 1.29 is 14.3 Å². The lowest BCUT2D eigenvalue weighted by Crippen LogP contribution is -2.42. The number of hydrogen-bond acceptors (Lipinski definition) is 4. The Balaban J connectivity index is 3.66. The molecule has 0 heterocycles. The SMILES string of the molecule is CCCNC(=O)CCNC(C)CNC(=O)OC(C)(C)C. The molecule has 0 aromatic carbocycles. The Morgan fingerprint density at radius 3 is 2.35 bits per heavy atom. The topological polar surface area (TPSA) is 79.5 Å². The van der Waals surface area contributed by atoms with E-state index in [1.165, 1.54) is 0 Å². The van der Waals surface area contributed by atoms with Gasteiger partial charge in [-0.25, -0.2) is 4.79 Å². The number of carbonyl (C=O) groups is 2. The van der Waals surface area contributed by atoms with Crippen molar-refractivity contribution in [1.82, 2.24) is 16.0 Å². The van der Waals surface area contributed by atoms with E-state index in [1.54, 1.807) is 0 Å². The molecule has 0 aliphatic rings. The molecule has 2 amide bonds. The molecule has 0 rings (SSSR count). The van der Waals surface area contributed by atoms with Crippen molar-refractivity contribution >= 4 is 12.0 Å². The number of amides is 2. The summed E-state index contributed by atoms with van der Waals surface area (Å²) in [6, 6.07) is 0.0847. The van der Waals surface area contributed by atoms with Crippen LogP contribution in [0.3, 0.4) is 0 Å². The standard InChI is InChI=1S/C14H29N3O3/c1-6-8-16-12(18)7-9-15-11(2)10-17-13(19)20-14(3,4)5/h11,15H,6-10H2,1-5H3,(H,16,18)(H,17,19). The fraction of sp³-hybridized carbons (Fsp3) is 0.857. The summed E-state index contributed by atoms with van der Waals surface area (Å²) >= 11 is 0. The van der Waals surface area contributed by atoms with Crippen molar-refractivity contribution in [3.63, 3.8) is 0 Å². The van der Waals surface area contributed by atoms with Gasteiger partial charge in [0.2, 0.25) is 5.91 Å². The second kappa shape index (κ2) is 9.58. The van der Waals surface area contributed by atoms with Gasteiger partial charge in [-0.15, -0.1) is 0 Å². The molecule has 0 fully saturated rings. The van der Waals surface area contributed by atoms with Crippen LogP contribution in [0.1, 0.15) is 47.5 Å². The molecule has 3 N–H and O–H groups in total. The van der Waals surface area contributed by atoms with E-state index in [1.807, 2.05) is 34.6 Å². The smallest absolute Gasteiger partial charge is 0.407 e. The van der Waals surface area contributed by atoms with Crippen LogP contribution in [0.15, 0.2) is 0 Å². The maximum atomic E-state index is 11.4. The highest BCUT2D eigenvalue weighted by molar-refractivity contribution is 5.76. The number of carbonyl (C=O) groups excluding carboxylic acids is 2. The number of nitrogens with one attached hydrogen (secondary N) is 3. The van der Waals surface area contributed by atoms with E-state index in [-0.39, 0.29) is 11.9 Å². The van der Waals surface area contributed by atoms with E-state index in [0.29, 0.717) is 26.1 Å². The molecule has 0 spiro atoms. The molecule has 0 aromatic rings. The second-order valence-corrected chi connectivity index (χ2v) is 5.84. The number of hydrogen-bond donors (Lipinski definition) is 3. The number of rotatable bonds is 8. The Kier molecular flexibility index (Phi) is 8.96. The summed E-state index contributed by atoms with van der Waals surface area (Å²) < 4.78 is 5.13. The molecular formula is C14H29N3O3. The molecule has 6 heteroatoms. The van der Waals surface area contributed by atoms with Crippen molar-refractivity contribution in [2.75, 3.05) is 19.6 Å². The second-order valence-electron chi connectivity index (χ2n) is 5.84. The first-order valence-electron chi connectivity index (χ1n) is 7.21. The first-order chi connectivity index (χ1) is 9.24. The van der Waals surface area contributed by atoms with Gasteiger partial charge in [0.05, 0.1) is 0 Å². The van der Waals surface area contributed by atoms with Crippen LogP contribution < -0.4 is 16.0 Å². The molecule has 0 saturated heterocycles. The van der Waals surface area contributed by atoms with Crippen LogP contribution >= 0.6 is 0 Å². The Bertz CT molecular complexity index is 301. The zero-order chi connectivity index (χ0) is 15.6. The maximum absolute atomic E-state index is 11.4. The van der Waals surface area contributed by atoms with Gasteiger partial charge in [0.1, 0.15) is 5.60 Å². The zero-order valence-electron chi connectivity index (χ0n) is 13.3. The van der Waals surface area contributed by atoms with E-state index in [4.69, 9.17) is 4.74 Å². The van der Waals surface area contributed by atoms with E-state index in [2.05, 4.69) is 16.0 Å². The highest BCUT2D eigenvalue weighted by atomic mass is 16.6. The average Bonchev–Trinajstić information content (AvgIpc) is 2.31. The Labute approximate surface area is 122 Å². The highest BCUT2D eigenvalue weighted by Gasteiger charge is 2.16. The molecule has 0 saturated carbocycles. The summed E-state index contributed by atoms with van der Waals surface area (Å²) in [6.45, 7) is 11.2. The fourth-order valence-electron chi connectivity index (χ4n) is 1.41. The van der Waals surface area contributed by atoms with E-state index < -0.39 is 11.7 Å². The lowest BCUT2D eigenvalue weighted by molar-refractivity contribution is -0.121. The number of alkyl carbamates (subject to hydrolysis) is 1. The third kappa shape index (κ3) is 11.8. The van der Waals surface area contributed by atoms with Gasteiger partial charge in [-0.2, -0.15) is 0 Å². The largest absolute Gasteiger partial charge is 0.444 e. The monoisotopic (exact) mass is 287 g/mol. The quantitative estimate of drug-likeness (QED) is 0.630. The van der Waals surface area contributed by atoms with Gasteiger partial charge in [-0.1, -0.05) is 6.92 Å². The van der Waals surface area contributed by atoms with Crippen LogP contribution in [0.2, 0.25) is 0 Å². The molecule has 0 aliphatic carbocycles. The van der Waals surface area contributed by atoms with Crippen LogP contribution in [-0.4, -0.2) is 43.3 Å². The van der Waals surface area contributed by atoms with Gasteiger partial charge in [0.25, 0.3) is 0 Å². The molecule has 20 heavy (non-hydrogen) atoms. The minimum absolute atomic E-state index is 0.0478. The number of ether oxygens (including phenoxy) is 1. The highest BCUT2D eigenvalue weighted by Crippen LogP contribution is 2.06. The van der Waals surface area contributed by atoms with Crippen molar-refractivity contribution in [2.24, 2.45) is 0 Å². The first-order valence-corrected chi connectivity index (χ1v) is 7.21. The summed E-state index contributed by atoms with van der Waals surface area (Å²) in [6.07, 6.45) is 0.957. The fourth-order valence-corrected chi connectivity index (χ4v) is 1.41.